The predicted molar refractivity (Wildman–Crippen MR) is 97.3 cm³/mol. The Kier molecular flexibility index (Phi) is 5.24. The maximum Gasteiger partial charge on any atom is 0.254 e. The maximum absolute atomic E-state index is 12.9. The van der Waals surface area contributed by atoms with E-state index in [2.05, 4.69) is 18.0 Å². The number of benzene rings is 2. The van der Waals surface area contributed by atoms with Crippen LogP contribution in [0.1, 0.15) is 22.0 Å². The highest BCUT2D eigenvalue weighted by atomic mass is 16.5. The van der Waals surface area contributed by atoms with Gasteiger partial charge in [0.25, 0.3) is 5.91 Å². The highest BCUT2D eigenvalue weighted by Gasteiger charge is 2.30. The number of carbonyl (C=O) groups excluding carboxylic acids is 1. The number of nitrogens with zero attached hydrogens (tertiary/aromatic N) is 2. The Morgan fingerprint density at radius 2 is 1.84 bits per heavy atom. The topological polar surface area (TPSA) is 42.0 Å². The van der Waals surface area contributed by atoms with Gasteiger partial charge in [-0.25, -0.2) is 0 Å². The normalized spacial score (nSPS) is 18.0. The minimum Gasteiger partial charge on any atom is -0.497 e. The molecule has 0 radical (unpaired) electrons. The SMILES string of the molecule is COc1cccc(C(=O)N2CCN(C)C(c3ccccc3OC)C2)c1. The van der Waals surface area contributed by atoms with Crippen LogP contribution in [0.25, 0.3) is 0 Å². The molecule has 3 rings (SSSR count). The quantitative estimate of drug-likeness (QED) is 0.858. The summed E-state index contributed by atoms with van der Waals surface area (Å²) in [5, 5.41) is 0. The number of para-hydroxylation sites is 1. The highest BCUT2D eigenvalue weighted by molar-refractivity contribution is 5.94. The van der Waals surface area contributed by atoms with Gasteiger partial charge in [0.15, 0.2) is 0 Å². The minimum absolute atomic E-state index is 0.0342. The van der Waals surface area contributed by atoms with E-state index in [-0.39, 0.29) is 11.9 Å². The lowest BCUT2D eigenvalue weighted by Gasteiger charge is -2.40. The van der Waals surface area contributed by atoms with Gasteiger partial charge in [0.1, 0.15) is 11.5 Å². The van der Waals surface area contributed by atoms with Crippen molar-refractivity contribution in [1.29, 1.82) is 0 Å². The molecule has 1 saturated heterocycles. The average molecular weight is 340 g/mol. The van der Waals surface area contributed by atoms with Gasteiger partial charge in [0.05, 0.1) is 20.3 Å². The molecule has 0 spiro atoms. The summed E-state index contributed by atoms with van der Waals surface area (Å²) in [7, 11) is 5.38. The fourth-order valence-corrected chi connectivity index (χ4v) is 3.27. The first-order chi connectivity index (χ1) is 12.1. The molecule has 0 bridgehead atoms. The summed E-state index contributed by atoms with van der Waals surface area (Å²) >= 11 is 0. The third-order valence-corrected chi connectivity index (χ3v) is 4.75. The molecule has 25 heavy (non-hydrogen) atoms. The second-order valence-electron chi connectivity index (χ2n) is 6.22. The molecule has 1 amide bonds. The molecule has 0 N–H and O–H groups in total. The summed E-state index contributed by atoms with van der Waals surface area (Å²) in [5.74, 6) is 1.59. The Bertz CT molecular complexity index is 747. The first kappa shape index (κ1) is 17.3. The zero-order valence-corrected chi connectivity index (χ0v) is 14.9. The van der Waals surface area contributed by atoms with Crippen LogP contribution in [0.3, 0.4) is 0 Å². The summed E-state index contributed by atoms with van der Waals surface area (Å²) in [6, 6.07) is 15.4. The van der Waals surface area contributed by atoms with Gasteiger partial charge in [0.2, 0.25) is 0 Å². The van der Waals surface area contributed by atoms with Crippen molar-refractivity contribution in [3.8, 4) is 11.5 Å². The number of rotatable bonds is 4. The zero-order valence-electron chi connectivity index (χ0n) is 14.9. The Balaban J connectivity index is 1.83. The van der Waals surface area contributed by atoms with Crippen LogP contribution in [0.5, 0.6) is 11.5 Å². The number of ether oxygens (including phenoxy) is 2. The van der Waals surface area contributed by atoms with Crippen molar-refractivity contribution < 1.29 is 14.3 Å². The predicted octanol–water partition coefficient (Wildman–Crippen LogP) is 2.83. The fourth-order valence-electron chi connectivity index (χ4n) is 3.27. The third-order valence-electron chi connectivity index (χ3n) is 4.75. The lowest BCUT2D eigenvalue weighted by atomic mass is 10.0. The molecule has 1 aliphatic heterocycles. The van der Waals surface area contributed by atoms with Crippen molar-refractivity contribution in [2.24, 2.45) is 0 Å². The van der Waals surface area contributed by atoms with Gasteiger partial charge in [-0.2, -0.15) is 0 Å². The van der Waals surface area contributed by atoms with Gasteiger partial charge in [-0.3, -0.25) is 9.69 Å². The van der Waals surface area contributed by atoms with E-state index in [1.165, 1.54) is 0 Å². The van der Waals surface area contributed by atoms with E-state index in [1.54, 1.807) is 20.3 Å². The van der Waals surface area contributed by atoms with E-state index in [0.717, 1.165) is 17.9 Å². The number of hydrogen-bond donors (Lipinski definition) is 0. The minimum atomic E-state index is 0.0342. The molecule has 1 atom stereocenters. The van der Waals surface area contributed by atoms with E-state index in [9.17, 15) is 4.79 Å². The molecule has 132 valence electrons. The number of piperazine rings is 1. The second kappa shape index (κ2) is 7.57. The van der Waals surface area contributed by atoms with Gasteiger partial charge in [-0.1, -0.05) is 24.3 Å². The molecule has 2 aromatic carbocycles. The highest BCUT2D eigenvalue weighted by Crippen LogP contribution is 2.31. The van der Waals surface area contributed by atoms with Crippen molar-refractivity contribution >= 4 is 5.91 Å². The lowest BCUT2D eigenvalue weighted by Crippen LogP contribution is -2.49. The van der Waals surface area contributed by atoms with Crippen LogP contribution in [-0.2, 0) is 0 Å². The summed E-state index contributed by atoms with van der Waals surface area (Å²) in [6.45, 7) is 2.16. The van der Waals surface area contributed by atoms with Crippen LogP contribution in [0.15, 0.2) is 48.5 Å². The standard InChI is InChI=1S/C20H24N2O3/c1-21-11-12-22(20(23)15-7-6-8-16(13-15)24-2)14-18(21)17-9-4-5-10-19(17)25-3/h4-10,13,18H,11-12,14H2,1-3H3. The molecular weight excluding hydrogens is 316 g/mol. The Morgan fingerprint density at radius 3 is 2.60 bits per heavy atom. The van der Waals surface area contributed by atoms with Gasteiger partial charge in [-0.05, 0) is 31.3 Å². The van der Waals surface area contributed by atoms with Crippen LogP contribution in [0.4, 0.5) is 0 Å². The fraction of sp³-hybridized carbons (Fsp3) is 0.350. The van der Waals surface area contributed by atoms with Crippen molar-refractivity contribution in [3.05, 3.63) is 59.7 Å². The second-order valence-corrected chi connectivity index (χ2v) is 6.22. The smallest absolute Gasteiger partial charge is 0.254 e. The summed E-state index contributed by atoms with van der Waals surface area (Å²) in [4.78, 5) is 17.1. The van der Waals surface area contributed by atoms with Crippen LogP contribution >= 0.6 is 0 Å². The van der Waals surface area contributed by atoms with E-state index < -0.39 is 0 Å². The number of likely N-dealkylation sites (N-methyl/N-ethyl adjacent to an activating group) is 1. The first-order valence-electron chi connectivity index (χ1n) is 8.40. The number of carbonyl (C=O) groups is 1. The van der Waals surface area contributed by atoms with Gasteiger partial charge < -0.3 is 14.4 Å². The Morgan fingerprint density at radius 1 is 1.04 bits per heavy atom. The molecule has 1 aliphatic rings. The molecule has 0 aliphatic carbocycles. The zero-order chi connectivity index (χ0) is 17.8. The van der Waals surface area contributed by atoms with Crippen molar-refractivity contribution in [2.45, 2.75) is 6.04 Å². The van der Waals surface area contributed by atoms with Crippen molar-refractivity contribution in [1.82, 2.24) is 9.80 Å². The van der Waals surface area contributed by atoms with E-state index in [0.29, 0.717) is 24.4 Å². The summed E-state index contributed by atoms with van der Waals surface area (Å²) in [5.41, 5.74) is 1.76. The molecule has 1 heterocycles. The molecule has 1 fully saturated rings. The van der Waals surface area contributed by atoms with Crippen molar-refractivity contribution in [3.63, 3.8) is 0 Å². The molecular formula is C20H24N2O3. The molecule has 0 saturated carbocycles. The van der Waals surface area contributed by atoms with Gasteiger partial charge in [0, 0.05) is 30.8 Å². The molecule has 0 aromatic heterocycles. The van der Waals surface area contributed by atoms with Crippen LogP contribution in [0, 0.1) is 0 Å². The number of amides is 1. The maximum atomic E-state index is 12.9. The van der Waals surface area contributed by atoms with Gasteiger partial charge in [-0.15, -0.1) is 0 Å². The van der Waals surface area contributed by atoms with E-state index >= 15 is 0 Å². The number of hydrogen-bond acceptors (Lipinski definition) is 4. The average Bonchev–Trinajstić information content (AvgIpc) is 2.68. The largest absolute Gasteiger partial charge is 0.497 e. The molecule has 2 aromatic rings. The molecule has 5 heteroatoms. The lowest BCUT2D eigenvalue weighted by molar-refractivity contribution is 0.0542. The summed E-state index contributed by atoms with van der Waals surface area (Å²) < 4.78 is 10.7. The van der Waals surface area contributed by atoms with Crippen LogP contribution in [-0.4, -0.2) is 56.6 Å². The monoisotopic (exact) mass is 340 g/mol. The van der Waals surface area contributed by atoms with Gasteiger partial charge >= 0.3 is 0 Å². The third kappa shape index (κ3) is 3.61. The van der Waals surface area contributed by atoms with E-state index in [4.69, 9.17) is 9.47 Å². The first-order valence-corrected chi connectivity index (χ1v) is 8.40. The molecule has 1 unspecified atom stereocenters. The van der Waals surface area contributed by atoms with E-state index in [1.807, 2.05) is 41.3 Å². The van der Waals surface area contributed by atoms with Crippen molar-refractivity contribution in [2.75, 3.05) is 40.9 Å². The number of methoxy groups -OCH3 is 2. The Hall–Kier alpha value is -2.53. The Labute approximate surface area is 148 Å². The molecule has 5 nitrogen and oxygen atoms in total. The summed E-state index contributed by atoms with van der Waals surface area (Å²) in [6.07, 6.45) is 0. The van der Waals surface area contributed by atoms with Crippen LogP contribution in [0.2, 0.25) is 0 Å². The van der Waals surface area contributed by atoms with Crippen LogP contribution < -0.4 is 9.47 Å².